The fourth-order valence-corrected chi connectivity index (χ4v) is 2.79. The Morgan fingerprint density at radius 2 is 2.15 bits per heavy atom. The van der Waals surface area contributed by atoms with Crippen LogP contribution in [0.25, 0.3) is 0 Å². The molecule has 0 radical (unpaired) electrons. The molecule has 0 amide bonds. The van der Waals surface area contributed by atoms with Crippen LogP contribution in [0.1, 0.15) is 25.5 Å². The number of carboxylic acid groups (broad SMARTS) is 1. The maximum atomic E-state index is 12.2. The summed E-state index contributed by atoms with van der Waals surface area (Å²) in [5, 5.41) is 9.10. The zero-order chi connectivity index (χ0) is 15.3. The lowest BCUT2D eigenvalue weighted by Crippen LogP contribution is -2.11. The average molecular weight is 328 g/mol. The Kier molecular flexibility index (Phi) is 6.25. The molecule has 0 aliphatic heterocycles. The second-order valence-electron chi connectivity index (χ2n) is 4.25. The van der Waals surface area contributed by atoms with Gasteiger partial charge in [0.25, 0.3) is 0 Å². The predicted molar refractivity (Wildman–Crippen MR) is 73.2 cm³/mol. The molecule has 0 aliphatic rings. The van der Waals surface area contributed by atoms with E-state index in [1.165, 1.54) is 0 Å². The van der Waals surface area contributed by atoms with E-state index < -0.39 is 11.5 Å². The molecule has 4 nitrogen and oxygen atoms in total. The molecule has 0 unspecified atom stereocenters. The second-order valence-corrected chi connectivity index (χ2v) is 6.35. The molecule has 0 fully saturated rings. The van der Waals surface area contributed by atoms with E-state index in [-0.39, 0.29) is 35.7 Å². The Hall–Kier alpha value is -0.830. The number of nitrogens with zero attached hydrogens (tertiary/aromatic N) is 2. The third-order valence-corrected chi connectivity index (χ3v) is 4.04. The first-order valence-electron chi connectivity index (χ1n) is 5.81. The predicted octanol–water partition coefficient (Wildman–Crippen LogP) is 3.44. The molecule has 0 aliphatic carbocycles. The Bertz CT molecular complexity index is 461. The summed E-state index contributed by atoms with van der Waals surface area (Å²) in [4.78, 5) is 14.7. The van der Waals surface area contributed by atoms with Crippen LogP contribution in [0.5, 0.6) is 0 Å². The Morgan fingerprint density at radius 1 is 1.50 bits per heavy atom. The van der Waals surface area contributed by atoms with Crippen LogP contribution in [0.2, 0.25) is 0 Å². The number of alkyl halides is 3. The summed E-state index contributed by atoms with van der Waals surface area (Å²) in [5.41, 5.74) is -3.45. The molecule has 9 heteroatoms. The summed E-state index contributed by atoms with van der Waals surface area (Å²) < 4.78 is 38.1. The standard InChI is InChI=1S/C11H15F3N2O2S2/c1-7(2)8-5-15-10(19-6-9(17)18)16(8)3-4-20-11(12,13)14/h5,7H,3-4,6H2,1-2H3,(H,17,18). The van der Waals surface area contributed by atoms with Crippen molar-refractivity contribution in [1.82, 2.24) is 9.55 Å². The number of imidazole rings is 1. The number of aliphatic carboxylic acids is 1. The van der Waals surface area contributed by atoms with Gasteiger partial charge in [-0.15, -0.1) is 0 Å². The first-order valence-corrected chi connectivity index (χ1v) is 7.78. The van der Waals surface area contributed by atoms with Crippen molar-refractivity contribution in [3.05, 3.63) is 11.9 Å². The summed E-state index contributed by atoms with van der Waals surface area (Å²) in [6.07, 6.45) is 1.59. The van der Waals surface area contributed by atoms with Crippen molar-refractivity contribution in [2.24, 2.45) is 0 Å². The highest BCUT2D eigenvalue weighted by Crippen LogP contribution is 2.31. The smallest absolute Gasteiger partial charge is 0.441 e. The minimum Gasteiger partial charge on any atom is -0.481 e. The van der Waals surface area contributed by atoms with Gasteiger partial charge in [0.15, 0.2) is 5.16 Å². The molecule has 0 aromatic carbocycles. The third kappa shape index (κ3) is 5.66. The molecule has 0 bridgehead atoms. The molecule has 0 spiro atoms. The summed E-state index contributed by atoms with van der Waals surface area (Å²) in [7, 11) is 0. The topological polar surface area (TPSA) is 55.1 Å². The summed E-state index contributed by atoms with van der Waals surface area (Å²) in [6.45, 7) is 3.98. The molecule has 0 saturated heterocycles. The zero-order valence-corrected chi connectivity index (χ0v) is 12.6. The van der Waals surface area contributed by atoms with Gasteiger partial charge in [-0.05, 0) is 17.7 Å². The van der Waals surface area contributed by atoms with Gasteiger partial charge in [-0.3, -0.25) is 4.79 Å². The van der Waals surface area contributed by atoms with E-state index in [0.29, 0.717) is 5.16 Å². The van der Waals surface area contributed by atoms with Crippen LogP contribution in [0.3, 0.4) is 0 Å². The van der Waals surface area contributed by atoms with Crippen molar-refractivity contribution < 1.29 is 23.1 Å². The lowest BCUT2D eigenvalue weighted by atomic mass is 10.1. The summed E-state index contributed by atoms with van der Waals surface area (Å²) in [6, 6.07) is 0. The average Bonchev–Trinajstić information content (AvgIpc) is 2.68. The van der Waals surface area contributed by atoms with Gasteiger partial charge < -0.3 is 9.67 Å². The maximum Gasteiger partial charge on any atom is 0.441 e. The molecule has 0 saturated carbocycles. The molecular formula is C11H15F3N2O2S2. The van der Waals surface area contributed by atoms with Crippen molar-refractivity contribution in [1.29, 1.82) is 0 Å². The van der Waals surface area contributed by atoms with Crippen LogP contribution < -0.4 is 0 Å². The number of hydrogen-bond donors (Lipinski definition) is 1. The minimum atomic E-state index is -4.26. The van der Waals surface area contributed by atoms with Gasteiger partial charge in [-0.25, -0.2) is 4.98 Å². The first kappa shape index (κ1) is 17.2. The Morgan fingerprint density at radius 3 is 2.65 bits per heavy atom. The Labute approximate surface area is 123 Å². The minimum absolute atomic E-state index is 0.0889. The van der Waals surface area contributed by atoms with Gasteiger partial charge in [-0.1, -0.05) is 25.6 Å². The maximum absolute atomic E-state index is 12.2. The van der Waals surface area contributed by atoms with E-state index in [1.807, 2.05) is 13.8 Å². The number of aromatic nitrogens is 2. The van der Waals surface area contributed by atoms with Crippen LogP contribution in [0.4, 0.5) is 13.2 Å². The van der Waals surface area contributed by atoms with Crippen LogP contribution >= 0.6 is 23.5 Å². The van der Waals surface area contributed by atoms with Crippen molar-refractivity contribution >= 4 is 29.5 Å². The van der Waals surface area contributed by atoms with E-state index >= 15 is 0 Å². The molecule has 20 heavy (non-hydrogen) atoms. The molecular weight excluding hydrogens is 313 g/mol. The normalized spacial score (nSPS) is 12.1. The quantitative estimate of drug-likeness (QED) is 0.777. The monoisotopic (exact) mass is 328 g/mol. The van der Waals surface area contributed by atoms with Gasteiger partial charge >= 0.3 is 11.5 Å². The van der Waals surface area contributed by atoms with Gasteiger partial charge in [0.05, 0.1) is 5.75 Å². The Balaban J connectivity index is 2.77. The van der Waals surface area contributed by atoms with Crippen LogP contribution in [-0.2, 0) is 11.3 Å². The van der Waals surface area contributed by atoms with Crippen molar-refractivity contribution in [3.8, 4) is 0 Å². The van der Waals surface area contributed by atoms with Crippen molar-refractivity contribution in [2.45, 2.75) is 37.0 Å². The molecule has 1 aromatic heterocycles. The van der Waals surface area contributed by atoms with Crippen molar-refractivity contribution in [3.63, 3.8) is 0 Å². The highest BCUT2D eigenvalue weighted by molar-refractivity contribution is 8.00. The van der Waals surface area contributed by atoms with E-state index in [1.54, 1.807) is 10.8 Å². The molecule has 1 N–H and O–H groups in total. The van der Waals surface area contributed by atoms with Gasteiger partial charge in [0.1, 0.15) is 0 Å². The summed E-state index contributed by atoms with van der Waals surface area (Å²) >= 11 is 0.924. The molecule has 1 aromatic rings. The number of hydrogen-bond acceptors (Lipinski definition) is 4. The van der Waals surface area contributed by atoms with Gasteiger partial charge in [-0.2, -0.15) is 13.2 Å². The highest BCUT2D eigenvalue weighted by Gasteiger charge is 2.28. The molecule has 1 rings (SSSR count). The van der Waals surface area contributed by atoms with Crippen LogP contribution in [0, 0.1) is 0 Å². The molecule has 114 valence electrons. The molecule has 1 heterocycles. The van der Waals surface area contributed by atoms with E-state index in [0.717, 1.165) is 17.5 Å². The third-order valence-electron chi connectivity index (χ3n) is 2.35. The highest BCUT2D eigenvalue weighted by atomic mass is 32.2. The number of rotatable bonds is 7. The largest absolute Gasteiger partial charge is 0.481 e. The lowest BCUT2D eigenvalue weighted by molar-refractivity contribution is -0.133. The number of thioether (sulfide) groups is 2. The molecule has 0 atom stereocenters. The lowest BCUT2D eigenvalue weighted by Gasteiger charge is -2.14. The number of carboxylic acids is 1. The fourth-order valence-electron chi connectivity index (χ4n) is 1.55. The SMILES string of the molecule is CC(C)c1cnc(SCC(=O)O)n1CCSC(F)(F)F. The second kappa shape index (κ2) is 7.26. The van der Waals surface area contributed by atoms with E-state index in [4.69, 9.17) is 5.11 Å². The number of halogens is 3. The van der Waals surface area contributed by atoms with E-state index in [2.05, 4.69) is 4.98 Å². The number of carbonyl (C=O) groups is 1. The zero-order valence-electron chi connectivity index (χ0n) is 11.0. The van der Waals surface area contributed by atoms with Crippen LogP contribution in [-0.4, -0.2) is 37.6 Å². The van der Waals surface area contributed by atoms with Crippen LogP contribution in [0.15, 0.2) is 11.4 Å². The van der Waals surface area contributed by atoms with Gasteiger partial charge in [0.2, 0.25) is 0 Å². The summed E-state index contributed by atoms with van der Waals surface area (Å²) in [5.74, 6) is -1.17. The fraction of sp³-hybridized carbons (Fsp3) is 0.636. The first-order chi connectivity index (χ1) is 9.20. The van der Waals surface area contributed by atoms with E-state index in [9.17, 15) is 18.0 Å². The van der Waals surface area contributed by atoms with Gasteiger partial charge in [0, 0.05) is 24.2 Å². The van der Waals surface area contributed by atoms with Crippen molar-refractivity contribution in [2.75, 3.05) is 11.5 Å².